The molecule has 3 heteroatoms. The maximum Gasteiger partial charge on any atom is 0.274 e. The molecule has 1 aromatic carbocycles. The van der Waals surface area contributed by atoms with Gasteiger partial charge in [-0.1, -0.05) is 18.2 Å². The fourth-order valence-corrected chi connectivity index (χ4v) is 1.20. The topological polar surface area (TPSA) is 33.0 Å². The highest BCUT2D eigenvalue weighted by molar-refractivity contribution is 5.65. The molecule has 0 fully saturated rings. The highest BCUT2D eigenvalue weighted by Gasteiger charge is 2.20. The van der Waals surface area contributed by atoms with Crippen molar-refractivity contribution >= 4 is 6.08 Å². The standard InChI is InChI=1S/C10H6FNO/c11-10-8(6-12)5-7-3-1-2-4-9(7)13-10/h1-5,10H. The summed E-state index contributed by atoms with van der Waals surface area (Å²) in [5, 5.41) is 8.55. The van der Waals surface area contributed by atoms with Crippen LogP contribution in [0.25, 0.3) is 6.08 Å². The van der Waals surface area contributed by atoms with Crippen LogP contribution in [-0.4, -0.2) is 6.36 Å². The Morgan fingerprint density at radius 3 is 2.92 bits per heavy atom. The summed E-state index contributed by atoms with van der Waals surface area (Å²) in [7, 11) is 0. The van der Waals surface area contributed by atoms with Gasteiger partial charge in [0.2, 0.25) is 0 Å². The minimum Gasteiger partial charge on any atom is -0.455 e. The Labute approximate surface area is 74.9 Å². The molecule has 0 aromatic heterocycles. The fraction of sp³-hybridized carbons (Fsp3) is 0.100. The Hall–Kier alpha value is -1.82. The van der Waals surface area contributed by atoms with Crippen LogP contribution in [0, 0.1) is 11.3 Å². The van der Waals surface area contributed by atoms with Gasteiger partial charge in [-0.05, 0) is 12.1 Å². The third kappa shape index (κ3) is 1.27. The van der Waals surface area contributed by atoms with Crippen molar-refractivity contribution in [3.8, 4) is 11.8 Å². The molecule has 0 spiro atoms. The lowest BCUT2D eigenvalue weighted by molar-refractivity contribution is 0.104. The van der Waals surface area contributed by atoms with Crippen LogP contribution in [0.4, 0.5) is 4.39 Å². The zero-order valence-electron chi connectivity index (χ0n) is 6.70. The Morgan fingerprint density at radius 2 is 2.15 bits per heavy atom. The molecule has 2 rings (SSSR count). The van der Waals surface area contributed by atoms with E-state index in [4.69, 9.17) is 10.00 Å². The molecule has 0 radical (unpaired) electrons. The highest BCUT2D eigenvalue weighted by atomic mass is 19.1. The molecule has 0 saturated carbocycles. The molecule has 13 heavy (non-hydrogen) atoms. The Bertz CT molecular complexity index is 406. The third-order valence-electron chi connectivity index (χ3n) is 1.83. The van der Waals surface area contributed by atoms with Gasteiger partial charge < -0.3 is 4.74 Å². The van der Waals surface area contributed by atoms with Gasteiger partial charge in [-0.25, -0.2) is 0 Å². The van der Waals surface area contributed by atoms with Crippen LogP contribution in [0.15, 0.2) is 29.8 Å². The van der Waals surface area contributed by atoms with Crippen molar-refractivity contribution in [3.63, 3.8) is 0 Å². The summed E-state index contributed by atoms with van der Waals surface area (Å²) >= 11 is 0. The first-order valence-corrected chi connectivity index (χ1v) is 3.83. The number of nitrogens with zero attached hydrogens (tertiary/aromatic N) is 1. The number of para-hydroxylation sites is 1. The number of hydrogen-bond acceptors (Lipinski definition) is 2. The van der Waals surface area contributed by atoms with E-state index in [-0.39, 0.29) is 5.57 Å². The lowest BCUT2D eigenvalue weighted by Crippen LogP contribution is -2.16. The van der Waals surface area contributed by atoms with E-state index < -0.39 is 6.36 Å². The van der Waals surface area contributed by atoms with Gasteiger partial charge in [0.05, 0.1) is 0 Å². The van der Waals surface area contributed by atoms with E-state index in [1.807, 2.05) is 6.07 Å². The van der Waals surface area contributed by atoms with E-state index in [1.165, 1.54) is 6.08 Å². The van der Waals surface area contributed by atoms with Crippen molar-refractivity contribution in [3.05, 3.63) is 35.4 Å². The summed E-state index contributed by atoms with van der Waals surface area (Å²) in [5.41, 5.74) is 0.756. The van der Waals surface area contributed by atoms with Crippen LogP contribution in [-0.2, 0) is 0 Å². The highest BCUT2D eigenvalue weighted by Crippen LogP contribution is 2.29. The lowest BCUT2D eigenvalue weighted by atomic mass is 10.1. The normalized spacial score (nSPS) is 19.4. The van der Waals surface area contributed by atoms with Crippen molar-refractivity contribution in [1.29, 1.82) is 5.26 Å². The third-order valence-corrected chi connectivity index (χ3v) is 1.83. The van der Waals surface area contributed by atoms with Gasteiger partial charge in [-0.15, -0.1) is 0 Å². The van der Waals surface area contributed by atoms with Gasteiger partial charge in [0.25, 0.3) is 6.36 Å². The molecule has 1 unspecified atom stereocenters. The van der Waals surface area contributed by atoms with Crippen LogP contribution in [0.3, 0.4) is 0 Å². The minimum atomic E-state index is -1.63. The van der Waals surface area contributed by atoms with Gasteiger partial charge in [-0.3, -0.25) is 0 Å². The van der Waals surface area contributed by atoms with Gasteiger partial charge in [0, 0.05) is 5.56 Å². The molecule has 0 N–H and O–H groups in total. The first kappa shape index (κ1) is 7.81. The quantitative estimate of drug-likeness (QED) is 0.606. The molecule has 0 saturated heterocycles. The summed E-state index contributed by atoms with van der Waals surface area (Å²) in [4.78, 5) is 0. The summed E-state index contributed by atoms with van der Waals surface area (Å²) < 4.78 is 17.9. The van der Waals surface area contributed by atoms with Crippen molar-refractivity contribution < 1.29 is 9.13 Å². The molecule has 0 amide bonds. The average molecular weight is 175 g/mol. The zero-order valence-corrected chi connectivity index (χ0v) is 6.70. The smallest absolute Gasteiger partial charge is 0.274 e. The number of ether oxygens (including phenoxy) is 1. The molecule has 64 valence electrons. The van der Waals surface area contributed by atoms with Crippen molar-refractivity contribution in [2.45, 2.75) is 6.36 Å². The number of benzene rings is 1. The molecular formula is C10H6FNO. The van der Waals surface area contributed by atoms with E-state index in [9.17, 15) is 4.39 Å². The fourth-order valence-electron chi connectivity index (χ4n) is 1.20. The molecule has 1 aliphatic rings. The Balaban J connectivity index is 2.51. The van der Waals surface area contributed by atoms with E-state index >= 15 is 0 Å². The maximum atomic E-state index is 13.0. The molecule has 1 aromatic rings. The number of halogens is 1. The van der Waals surface area contributed by atoms with Gasteiger partial charge in [0.1, 0.15) is 17.4 Å². The van der Waals surface area contributed by atoms with Crippen LogP contribution in [0.5, 0.6) is 5.75 Å². The van der Waals surface area contributed by atoms with Crippen LogP contribution >= 0.6 is 0 Å². The monoisotopic (exact) mass is 175 g/mol. The SMILES string of the molecule is N#CC1=Cc2ccccc2OC1F. The molecule has 1 aliphatic heterocycles. The summed E-state index contributed by atoms with van der Waals surface area (Å²) in [6, 6.07) is 8.78. The Morgan fingerprint density at radius 1 is 1.38 bits per heavy atom. The number of hydrogen-bond donors (Lipinski definition) is 0. The first-order valence-electron chi connectivity index (χ1n) is 3.83. The van der Waals surface area contributed by atoms with Crippen LogP contribution in [0.1, 0.15) is 5.56 Å². The molecule has 1 heterocycles. The molecule has 0 aliphatic carbocycles. The zero-order chi connectivity index (χ0) is 9.26. The minimum absolute atomic E-state index is 0.0127. The van der Waals surface area contributed by atoms with Crippen molar-refractivity contribution in [1.82, 2.24) is 0 Å². The van der Waals surface area contributed by atoms with E-state index in [0.29, 0.717) is 5.75 Å². The predicted octanol–water partition coefficient (Wildman–Crippen LogP) is 2.28. The Kier molecular flexibility index (Phi) is 1.75. The predicted molar refractivity (Wildman–Crippen MR) is 45.6 cm³/mol. The molecule has 1 atom stereocenters. The average Bonchev–Trinajstić information content (AvgIpc) is 2.17. The number of alkyl halides is 1. The largest absolute Gasteiger partial charge is 0.455 e. The van der Waals surface area contributed by atoms with Crippen molar-refractivity contribution in [2.75, 3.05) is 0 Å². The molecule has 0 bridgehead atoms. The number of fused-ring (bicyclic) bond motifs is 1. The second kappa shape index (κ2) is 2.91. The van der Waals surface area contributed by atoms with Crippen molar-refractivity contribution in [2.24, 2.45) is 0 Å². The number of nitriles is 1. The van der Waals surface area contributed by atoms with E-state index in [0.717, 1.165) is 5.56 Å². The summed E-state index contributed by atoms with van der Waals surface area (Å²) in [6.45, 7) is 0. The number of rotatable bonds is 0. The van der Waals surface area contributed by atoms with E-state index in [1.54, 1.807) is 24.3 Å². The van der Waals surface area contributed by atoms with Gasteiger partial charge >= 0.3 is 0 Å². The van der Waals surface area contributed by atoms with Crippen LogP contribution in [0.2, 0.25) is 0 Å². The lowest BCUT2D eigenvalue weighted by Gasteiger charge is -2.17. The summed E-state index contributed by atoms with van der Waals surface area (Å²) in [6.07, 6.45) is -0.122. The van der Waals surface area contributed by atoms with Crippen LogP contribution < -0.4 is 4.74 Å². The second-order valence-electron chi connectivity index (χ2n) is 2.68. The van der Waals surface area contributed by atoms with Gasteiger partial charge in [0.15, 0.2) is 0 Å². The van der Waals surface area contributed by atoms with E-state index in [2.05, 4.69) is 0 Å². The molecule has 2 nitrogen and oxygen atoms in total. The van der Waals surface area contributed by atoms with Gasteiger partial charge in [-0.2, -0.15) is 9.65 Å². The summed E-state index contributed by atoms with van der Waals surface area (Å²) in [5.74, 6) is 0.481. The maximum absolute atomic E-state index is 13.0. The molecular weight excluding hydrogens is 169 g/mol. The second-order valence-corrected chi connectivity index (χ2v) is 2.68. The first-order chi connectivity index (χ1) is 6.31.